The Balaban J connectivity index is 1.78. The number of hydrogen-bond acceptors (Lipinski definition) is 6. The van der Waals surface area contributed by atoms with Crippen LogP contribution in [0.5, 0.6) is 0 Å². The van der Waals surface area contributed by atoms with E-state index in [9.17, 15) is 9.59 Å². The molecule has 1 amide bonds. The van der Waals surface area contributed by atoms with E-state index in [1.807, 2.05) is 42.5 Å². The van der Waals surface area contributed by atoms with E-state index in [0.717, 1.165) is 23.5 Å². The third-order valence-corrected chi connectivity index (χ3v) is 5.27. The Morgan fingerprint density at radius 3 is 2.85 bits per heavy atom. The van der Waals surface area contributed by atoms with Crippen LogP contribution in [0.3, 0.4) is 0 Å². The molecule has 0 unspecified atom stereocenters. The Hall–Kier alpha value is -2.54. The van der Waals surface area contributed by atoms with Gasteiger partial charge in [0, 0.05) is 18.5 Å². The maximum absolute atomic E-state index is 12.8. The Bertz CT molecular complexity index is 792. The molecular weight excluding hydrogens is 362 g/mol. The van der Waals surface area contributed by atoms with Gasteiger partial charge in [-0.2, -0.15) is 0 Å². The highest BCUT2D eigenvalue weighted by Crippen LogP contribution is 2.36. The molecule has 1 atom stereocenters. The molecule has 7 heteroatoms. The van der Waals surface area contributed by atoms with Crippen molar-refractivity contribution in [2.75, 3.05) is 19.7 Å². The van der Waals surface area contributed by atoms with Crippen molar-refractivity contribution in [1.82, 2.24) is 14.5 Å². The number of likely N-dealkylation sites (tertiary alicyclic amines) is 1. The average Bonchev–Trinajstić information content (AvgIpc) is 3.23. The van der Waals surface area contributed by atoms with Gasteiger partial charge < -0.3 is 9.64 Å². The molecule has 1 aliphatic heterocycles. The van der Waals surface area contributed by atoms with E-state index in [1.54, 1.807) is 17.2 Å². The minimum atomic E-state index is -0.724. The van der Waals surface area contributed by atoms with Crippen LogP contribution in [0.2, 0.25) is 0 Å². The number of hydrogen-bond donors (Lipinski definition) is 0. The molecule has 2 aromatic rings. The van der Waals surface area contributed by atoms with Crippen molar-refractivity contribution >= 4 is 29.5 Å². The number of allylic oxidation sites excluding steroid dienone is 1. The lowest BCUT2D eigenvalue weighted by molar-refractivity contribution is -0.158. The summed E-state index contributed by atoms with van der Waals surface area (Å²) in [6.45, 7) is 3.08. The second kappa shape index (κ2) is 8.90. The number of ether oxygens (including phenoxy) is 1. The van der Waals surface area contributed by atoms with Crippen LogP contribution in [0.1, 0.15) is 42.2 Å². The third kappa shape index (κ3) is 4.60. The topological polar surface area (TPSA) is 72.4 Å². The molecule has 1 saturated heterocycles. The van der Waals surface area contributed by atoms with Crippen molar-refractivity contribution in [2.45, 2.75) is 26.2 Å². The van der Waals surface area contributed by atoms with Gasteiger partial charge in [0.2, 0.25) is 0 Å². The van der Waals surface area contributed by atoms with Gasteiger partial charge >= 0.3 is 5.97 Å². The molecule has 142 valence electrons. The minimum Gasteiger partial charge on any atom is -0.466 e. The maximum Gasteiger partial charge on any atom is 0.314 e. The lowest BCUT2D eigenvalue weighted by Gasteiger charge is -2.40. The minimum absolute atomic E-state index is 0.177. The van der Waals surface area contributed by atoms with Crippen molar-refractivity contribution in [3.63, 3.8) is 0 Å². The molecule has 1 fully saturated rings. The second-order valence-electron chi connectivity index (χ2n) is 6.64. The van der Waals surface area contributed by atoms with Gasteiger partial charge in [0.25, 0.3) is 5.91 Å². The van der Waals surface area contributed by atoms with Crippen molar-refractivity contribution in [3.8, 4) is 0 Å². The molecule has 0 radical (unpaired) electrons. The molecule has 0 N–H and O–H groups in total. The fourth-order valence-corrected chi connectivity index (χ4v) is 3.84. The number of esters is 1. The molecule has 0 aliphatic carbocycles. The standard InChI is InChI=1S/C20H23N3O3S/c1-2-26-19(25)20(11-6-10-16-8-4-3-5-9-16)12-7-13-23(15-20)18(24)17-14-27-22-21-17/h3-6,8-10,14H,2,7,11-13,15H2,1H3/b10-6+/t20-/m1/s1. The summed E-state index contributed by atoms with van der Waals surface area (Å²) in [5, 5.41) is 5.51. The zero-order valence-electron chi connectivity index (χ0n) is 15.3. The first kappa shape index (κ1) is 19.2. The van der Waals surface area contributed by atoms with Crippen LogP contribution in [-0.4, -0.2) is 46.1 Å². The normalized spacial score (nSPS) is 20.0. The van der Waals surface area contributed by atoms with E-state index in [0.29, 0.717) is 38.2 Å². The van der Waals surface area contributed by atoms with Crippen molar-refractivity contribution in [2.24, 2.45) is 5.41 Å². The Kier molecular flexibility index (Phi) is 6.34. The monoisotopic (exact) mass is 385 g/mol. The van der Waals surface area contributed by atoms with E-state index in [4.69, 9.17) is 4.74 Å². The molecule has 1 aromatic heterocycles. The molecule has 0 bridgehead atoms. The quantitative estimate of drug-likeness (QED) is 0.713. The summed E-state index contributed by atoms with van der Waals surface area (Å²) in [5.41, 5.74) is 0.687. The smallest absolute Gasteiger partial charge is 0.314 e. The van der Waals surface area contributed by atoms with E-state index in [1.165, 1.54) is 0 Å². The number of nitrogens with zero attached hydrogens (tertiary/aromatic N) is 3. The summed E-state index contributed by atoms with van der Waals surface area (Å²) in [6, 6.07) is 9.95. The number of piperidine rings is 1. The molecule has 2 heterocycles. The highest BCUT2D eigenvalue weighted by molar-refractivity contribution is 7.03. The first-order valence-corrected chi connectivity index (χ1v) is 9.93. The summed E-state index contributed by atoms with van der Waals surface area (Å²) >= 11 is 1.15. The molecular formula is C20H23N3O3S. The molecule has 0 spiro atoms. The molecule has 1 aromatic carbocycles. The van der Waals surface area contributed by atoms with Gasteiger partial charge in [-0.05, 0) is 43.3 Å². The van der Waals surface area contributed by atoms with Crippen LogP contribution in [-0.2, 0) is 9.53 Å². The van der Waals surface area contributed by atoms with Crippen molar-refractivity contribution in [1.29, 1.82) is 0 Å². The van der Waals surface area contributed by atoms with Crippen molar-refractivity contribution in [3.05, 3.63) is 53.0 Å². The van der Waals surface area contributed by atoms with E-state index in [2.05, 4.69) is 9.59 Å². The summed E-state index contributed by atoms with van der Waals surface area (Å²) in [7, 11) is 0. The second-order valence-corrected chi connectivity index (χ2v) is 7.25. The SMILES string of the molecule is CCOC(=O)[C@]1(C/C=C/c2ccccc2)CCCN(C(=O)c2csnn2)C1. The lowest BCUT2D eigenvalue weighted by Crippen LogP contribution is -2.50. The maximum atomic E-state index is 12.8. The van der Waals surface area contributed by atoms with Gasteiger partial charge in [0.1, 0.15) is 0 Å². The van der Waals surface area contributed by atoms with Gasteiger partial charge in [-0.3, -0.25) is 9.59 Å². The molecule has 0 saturated carbocycles. The number of rotatable bonds is 6. The Morgan fingerprint density at radius 1 is 1.33 bits per heavy atom. The summed E-state index contributed by atoms with van der Waals surface area (Å²) < 4.78 is 9.13. The summed E-state index contributed by atoms with van der Waals surface area (Å²) in [4.78, 5) is 27.2. The van der Waals surface area contributed by atoms with Crippen LogP contribution in [0, 0.1) is 5.41 Å². The fraction of sp³-hybridized carbons (Fsp3) is 0.400. The number of amides is 1. The van der Waals surface area contributed by atoms with Gasteiger partial charge in [-0.25, -0.2) is 0 Å². The highest BCUT2D eigenvalue weighted by Gasteiger charge is 2.44. The van der Waals surface area contributed by atoms with Gasteiger partial charge in [0.05, 0.1) is 12.0 Å². The van der Waals surface area contributed by atoms with Crippen LogP contribution in [0.4, 0.5) is 0 Å². The molecule has 3 rings (SSSR count). The Labute approximate surface area is 163 Å². The largest absolute Gasteiger partial charge is 0.466 e. The average molecular weight is 385 g/mol. The van der Waals surface area contributed by atoms with Crippen LogP contribution in [0.25, 0.3) is 6.08 Å². The predicted molar refractivity (Wildman–Crippen MR) is 104 cm³/mol. The number of aromatic nitrogens is 2. The van der Waals surface area contributed by atoms with Gasteiger partial charge in [-0.1, -0.05) is 47.0 Å². The summed E-state index contributed by atoms with van der Waals surface area (Å²) in [6.07, 6.45) is 5.99. The van der Waals surface area contributed by atoms with Gasteiger partial charge in [-0.15, -0.1) is 5.10 Å². The predicted octanol–water partition coefficient (Wildman–Crippen LogP) is 3.43. The van der Waals surface area contributed by atoms with E-state index in [-0.39, 0.29) is 11.9 Å². The first-order valence-electron chi connectivity index (χ1n) is 9.10. The number of carbonyl (C=O) groups is 2. The molecule has 27 heavy (non-hydrogen) atoms. The first-order chi connectivity index (χ1) is 13.1. The number of benzene rings is 1. The van der Waals surface area contributed by atoms with Crippen LogP contribution < -0.4 is 0 Å². The van der Waals surface area contributed by atoms with Crippen LogP contribution in [0.15, 0.2) is 41.8 Å². The highest BCUT2D eigenvalue weighted by atomic mass is 32.1. The third-order valence-electron chi connectivity index (χ3n) is 4.77. The fourth-order valence-electron chi connectivity index (χ4n) is 3.41. The van der Waals surface area contributed by atoms with E-state index >= 15 is 0 Å². The van der Waals surface area contributed by atoms with Crippen molar-refractivity contribution < 1.29 is 14.3 Å². The molecule has 6 nitrogen and oxygen atoms in total. The number of carbonyl (C=O) groups excluding carboxylic acids is 2. The Morgan fingerprint density at radius 2 is 2.15 bits per heavy atom. The summed E-state index contributed by atoms with van der Waals surface area (Å²) in [5.74, 6) is -0.416. The molecule has 1 aliphatic rings. The lowest BCUT2D eigenvalue weighted by atomic mass is 9.76. The zero-order valence-corrected chi connectivity index (χ0v) is 16.2. The van der Waals surface area contributed by atoms with E-state index < -0.39 is 5.41 Å². The van der Waals surface area contributed by atoms with Crippen LogP contribution >= 0.6 is 11.5 Å². The van der Waals surface area contributed by atoms with Gasteiger partial charge in [0.15, 0.2) is 5.69 Å². The zero-order chi connectivity index (χ0) is 19.1.